The van der Waals surface area contributed by atoms with Crippen LogP contribution in [0.1, 0.15) is 60.9 Å². The van der Waals surface area contributed by atoms with Gasteiger partial charge in [-0.15, -0.1) is 10.2 Å². The van der Waals surface area contributed by atoms with Crippen molar-refractivity contribution < 1.29 is 0 Å². The Kier molecular flexibility index (Phi) is 4.71. The maximum Gasteiger partial charge on any atom is 0.211 e. The van der Waals surface area contributed by atoms with Crippen LogP contribution in [0.2, 0.25) is 0 Å². The third-order valence-corrected chi connectivity index (χ3v) is 6.75. The van der Waals surface area contributed by atoms with Gasteiger partial charge in [0, 0.05) is 12.1 Å². The van der Waals surface area contributed by atoms with Gasteiger partial charge >= 0.3 is 0 Å². The van der Waals surface area contributed by atoms with Crippen molar-refractivity contribution in [1.29, 1.82) is 0 Å². The summed E-state index contributed by atoms with van der Waals surface area (Å²) in [5.41, 5.74) is 3.17. The first-order chi connectivity index (χ1) is 13.3. The smallest absolute Gasteiger partial charge is 0.211 e. The van der Waals surface area contributed by atoms with Crippen LogP contribution in [-0.4, -0.2) is 33.3 Å². The predicted molar refractivity (Wildman–Crippen MR) is 109 cm³/mol. The number of pyridine rings is 2. The minimum atomic E-state index is 0.582. The van der Waals surface area contributed by atoms with Gasteiger partial charge in [-0.1, -0.05) is 24.2 Å². The molecule has 0 aromatic carbocycles. The van der Waals surface area contributed by atoms with Crippen molar-refractivity contribution in [2.45, 2.75) is 50.4 Å². The Morgan fingerprint density at radius 1 is 0.963 bits per heavy atom. The van der Waals surface area contributed by atoms with E-state index in [0.717, 1.165) is 40.1 Å². The summed E-state index contributed by atoms with van der Waals surface area (Å²) < 4.78 is 0. The fourth-order valence-corrected chi connectivity index (χ4v) is 5.12. The van der Waals surface area contributed by atoms with E-state index in [1.807, 2.05) is 18.3 Å². The van der Waals surface area contributed by atoms with Crippen LogP contribution >= 0.6 is 11.3 Å². The Morgan fingerprint density at radius 2 is 1.81 bits per heavy atom. The minimum Gasteiger partial charge on any atom is -0.317 e. The summed E-state index contributed by atoms with van der Waals surface area (Å²) in [5, 5.41) is 17.5. The van der Waals surface area contributed by atoms with Crippen LogP contribution in [0.3, 0.4) is 0 Å². The molecule has 2 fully saturated rings. The molecule has 3 aromatic heterocycles. The van der Waals surface area contributed by atoms with Gasteiger partial charge in [0.1, 0.15) is 10.8 Å². The van der Waals surface area contributed by atoms with Crippen LogP contribution in [-0.2, 0) is 0 Å². The summed E-state index contributed by atoms with van der Waals surface area (Å²) >= 11 is 1.66. The number of piperidine rings is 1. The topological polar surface area (TPSA) is 75.6 Å². The molecule has 7 heteroatoms. The molecule has 0 radical (unpaired) electrons. The van der Waals surface area contributed by atoms with Crippen LogP contribution in [0.15, 0.2) is 24.4 Å². The van der Waals surface area contributed by atoms with E-state index in [1.54, 1.807) is 11.3 Å². The molecular weight excluding hydrogens is 356 g/mol. The molecule has 6 nitrogen and oxygen atoms in total. The van der Waals surface area contributed by atoms with Crippen LogP contribution in [0.5, 0.6) is 0 Å². The number of hydrogen-bond acceptors (Lipinski definition) is 7. The molecule has 2 N–H and O–H groups in total. The average molecular weight is 381 g/mol. The third-order valence-electron chi connectivity index (χ3n) is 5.75. The molecular formula is C20H24N6S. The first-order valence-electron chi connectivity index (χ1n) is 9.93. The van der Waals surface area contributed by atoms with Gasteiger partial charge in [-0.05, 0) is 68.5 Å². The highest BCUT2D eigenvalue weighted by molar-refractivity contribution is 7.15. The predicted octanol–water partition coefficient (Wildman–Crippen LogP) is 4.35. The SMILES string of the molecule is c1nc2ccc(Nc3nnc(C4CCCC4)s3)nc2cc1C1CCNCC1. The van der Waals surface area contributed by atoms with E-state index in [1.165, 1.54) is 44.1 Å². The van der Waals surface area contributed by atoms with Crippen molar-refractivity contribution in [2.24, 2.45) is 0 Å². The molecule has 0 atom stereocenters. The number of nitrogens with one attached hydrogen (secondary N) is 2. The van der Waals surface area contributed by atoms with Gasteiger partial charge in [0.15, 0.2) is 0 Å². The second kappa shape index (κ2) is 7.48. The summed E-state index contributed by atoms with van der Waals surface area (Å²) in [6, 6.07) is 6.19. The highest BCUT2D eigenvalue weighted by Crippen LogP contribution is 2.37. The van der Waals surface area contributed by atoms with Gasteiger partial charge in [0.05, 0.1) is 11.0 Å². The standard InChI is InChI=1S/C20H24N6S/c1-2-4-14(3-1)19-25-26-20(27-19)24-18-6-5-16-17(23-18)11-15(12-22-16)13-7-9-21-10-8-13/h5-6,11-14,21H,1-4,7-10H2,(H,23,24,26). The zero-order valence-corrected chi connectivity index (χ0v) is 16.1. The Bertz CT molecular complexity index is 927. The van der Waals surface area contributed by atoms with Crippen LogP contribution in [0.4, 0.5) is 10.9 Å². The maximum absolute atomic E-state index is 4.78. The highest BCUT2D eigenvalue weighted by Gasteiger charge is 2.21. The summed E-state index contributed by atoms with van der Waals surface area (Å²) in [7, 11) is 0. The largest absolute Gasteiger partial charge is 0.317 e. The molecule has 1 saturated carbocycles. The molecule has 140 valence electrons. The Labute approximate surface area is 162 Å². The van der Waals surface area contributed by atoms with Crippen molar-refractivity contribution in [3.05, 3.63) is 35.0 Å². The second-order valence-electron chi connectivity index (χ2n) is 7.58. The maximum atomic E-state index is 4.78. The fourth-order valence-electron chi connectivity index (χ4n) is 4.20. The minimum absolute atomic E-state index is 0.582. The van der Waals surface area contributed by atoms with Crippen molar-refractivity contribution in [1.82, 2.24) is 25.5 Å². The Morgan fingerprint density at radius 3 is 2.67 bits per heavy atom. The molecule has 0 spiro atoms. The number of rotatable bonds is 4. The Balaban J connectivity index is 1.36. The lowest BCUT2D eigenvalue weighted by molar-refractivity contribution is 0.460. The lowest BCUT2D eigenvalue weighted by atomic mass is 9.91. The molecule has 1 saturated heterocycles. The van der Waals surface area contributed by atoms with E-state index in [9.17, 15) is 0 Å². The molecule has 1 aliphatic carbocycles. The van der Waals surface area contributed by atoms with Crippen molar-refractivity contribution in [3.63, 3.8) is 0 Å². The third kappa shape index (κ3) is 3.66. The number of anilines is 2. The first-order valence-corrected chi connectivity index (χ1v) is 10.7. The molecule has 27 heavy (non-hydrogen) atoms. The summed E-state index contributed by atoms with van der Waals surface area (Å²) in [6.07, 6.45) is 9.46. The van der Waals surface area contributed by atoms with E-state index in [-0.39, 0.29) is 0 Å². The summed E-state index contributed by atoms with van der Waals surface area (Å²) in [6.45, 7) is 2.16. The molecule has 5 rings (SSSR count). The van der Waals surface area contributed by atoms with Crippen LogP contribution in [0, 0.1) is 0 Å². The van der Waals surface area contributed by atoms with Gasteiger partial charge in [-0.2, -0.15) is 0 Å². The molecule has 0 bridgehead atoms. The second-order valence-corrected chi connectivity index (χ2v) is 8.59. The Hall–Kier alpha value is -2.12. The monoisotopic (exact) mass is 380 g/mol. The lowest BCUT2D eigenvalue weighted by Gasteiger charge is -2.22. The number of hydrogen-bond donors (Lipinski definition) is 2. The quantitative estimate of drug-likeness (QED) is 0.701. The number of fused-ring (bicyclic) bond motifs is 1. The fraction of sp³-hybridized carbons (Fsp3) is 0.500. The van der Waals surface area contributed by atoms with E-state index in [0.29, 0.717) is 11.8 Å². The molecule has 2 aliphatic rings. The normalized spacial score (nSPS) is 19.0. The molecule has 4 heterocycles. The molecule has 0 amide bonds. The van der Waals surface area contributed by atoms with E-state index >= 15 is 0 Å². The first kappa shape index (κ1) is 17.0. The van der Waals surface area contributed by atoms with Gasteiger partial charge in [0.2, 0.25) is 5.13 Å². The average Bonchev–Trinajstić information content (AvgIpc) is 3.40. The van der Waals surface area contributed by atoms with Gasteiger partial charge in [-0.25, -0.2) is 4.98 Å². The molecule has 0 unspecified atom stereocenters. The van der Waals surface area contributed by atoms with Crippen molar-refractivity contribution in [3.8, 4) is 0 Å². The molecule has 3 aromatic rings. The van der Waals surface area contributed by atoms with Gasteiger partial charge in [-0.3, -0.25) is 4.98 Å². The van der Waals surface area contributed by atoms with E-state index in [2.05, 4.69) is 31.9 Å². The summed E-state index contributed by atoms with van der Waals surface area (Å²) in [5.74, 6) is 1.99. The lowest BCUT2D eigenvalue weighted by Crippen LogP contribution is -2.26. The van der Waals surface area contributed by atoms with Gasteiger partial charge in [0.25, 0.3) is 0 Å². The van der Waals surface area contributed by atoms with Crippen molar-refractivity contribution in [2.75, 3.05) is 18.4 Å². The van der Waals surface area contributed by atoms with Crippen LogP contribution in [0.25, 0.3) is 11.0 Å². The zero-order chi connectivity index (χ0) is 18.1. The van der Waals surface area contributed by atoms with Crippen LogP contribution < -0.4 is 10.6 Å². The van der Waals surface area contributed by atoms with Crippen molar-refractivity contribution >= 4 is 33.3 Å². The van der Waals surface area contributed by atoms with E-state index in [4.69, 9.17) is 4.98 Å². The van der Waals surface area contributed by atoms with Gasteiger partial charge < -0.3 is 10.6 Å². The van der Waals surface area contributed by atoms with E-state index < -0.39 is 0 Å². The highest BCUT2D eigenvalue weighted by atomic mass is 32.1. The number of aromatic nitrogens is 4. The zero-order valence-electron chi connectivity index (χ0n) is 15.3. The number of nitrogens with zero attached hydrogens (tertiary/aromatic N) is 4. The summed E-state index contributed by atoms with van der Waals surface area (Å²) in [4.78, 5) is 9.41. The molecule has 1 aliphatic heterocycles.